The Bertz CT molecular complexity index is 997. The minimum Gasteiger partial charge on any atom is -0.399 e. The van der Waals surface area contributed by atoms with Crippen LogP contribution in [0.3, 0.4) is 0 Å². The molecule has 5 heteroatoms. The smallest absolute Gasteiger partial charge is 0.0962 e. The van der Waals surface area contributed by atoms with Gasteiger partial charge in [-0.3, -0.25) is 0 Å². The zero-order chi connectivity index (χ0) is 26.7. The Balaban J connectivity index is 0.00000235. The van der Waals surface area contributed by atoms with Crippen LogP contribution in [0.15, 0.2) is 96.7 Å². The summed E-state index contributed by atoms with van der Waals surface area (Å²) in [6, 6.07) is 28.5. The Labute approximate surface area is 224 Å². The maximum absolute atomic E-state index is 10.4. The molecule has 0 saturated carbocycles. The van der Waals surface area contributed by atoms with Crippen molar-refractivity contribution in [1.29, 1.82) is 0 Å². The van der Waals surface area contributed by atoms with E-state index in [4.69, 9.17) is 10.3 Å². The lowest BCUT2D eigenvalue weighted by atomic mass is 10.1. The van der Waals surface area contributed by atoms with Crippen LogP contribution in [0, 0.1) is 12.8 Å². The van der Waals surface area contributed by atoms with E-state index in [-0.39, 0.29) is 0 Å². The summed E-state index contributed by atoms with van der Waals surface area (Å²) in [5, 5.41) is 16.3. The van der Waals surface area contributed by atoms with E-state index in [9.17, 15) is 5.11 Å². The maximum Gasteiger partial charge on any atom is 0.0962 e. The van der Waals surface area contributed by atoms with E-state index in [0.717, 1.165) is 31.4 Å². The monoisotopic (exact) mass is 516 g/mol. The van der Waals surface area contributed by atoms with Gasteiger partial charge in [0.1, 0.15) is 0 Å². The van der Waals surface area contributed by atoms with Crippen LogP contribution in [0.2, 0.25) is 0 Å². The molecule has 4 nitrogen and oxygen atoms in total. The predicted molar refractivity (Wildman–Crippen MR) is 160 cm³/mol. The third kappa shape index (κ3) is 11.2. The van der Waals surface area contributed by atoms with Gasteiger partial charge in [0, 0.05) is 28.5 Å². The average Bonchev–Trinajstić information content (AvgIpc) is 2.96. The summed E-state index contributed by atoms with van der Waals surface area (Å²) in [6.45, 7) is 3.35. The van der Waals surface area contributed by atoms with Crippen molar-refractivity contribution in [2.75, 3.05) is 18.9 Å². The quantitative estimate of drug-likeness (QED) is 0.0940. The molecule has 0 heterocycles. The molecule has 0 saturated heterocycles. The van der Waals surface area contributed by atoms with Crippen LogP contribution in [0.1, 0.15) is 57.1 Å². The number of rotatable bonds is 15. The largest absolute Gasteiger partial charge is 0.399 e. The molecule has 1 atom stereocenters. The molecule has 3 aromatic rings. The van der Waals surface area contributed by atoms with Crippen LogP contribution in [-0.2, 0) is 4.52 Å². The molecule has 0 aromatic heterocycles. The van der Waals surface area contributed by atoms with Crippen molar-refractivity contribution in [2.24, 2.45) is 0 Å². The number of anilines is 1. The number of nitrogens with two attached hydrogens (primary N) is 1. The Morgan fingerprint density at radius 1 is 0.865 bits per heavy atom. The number of nitrogens with one attached hydrogen (secondary N) is 1. The Kier molecular flexibility index (Phi) is 14.8. The third-order valence-electron chi connectivity index (χ3n) is 5.98. The summed E-state index contributed by atoms with van der Waals surface area (Å²) >= 11 is 0. The minimum atomic E-state index is -0.760. The summed E-state index contributed by atoms with van der Waals surface area (Å²) in [4.78, 5) is 0. The molecule has 37 heavy (non-hydrogen) atoms. The summed E-state index contributed by atoms with van der Waals surface area (Å²) in [6.07, 6.45) is 16.4. The summed E-state index contributed by atoms with van der Waals surface area (Å²) < 4.78 is 6.39. The molecular weight excluding hydrogens is 475 g/mol. The standard InChI is InChI=1S/C30H39N2O2P.C2H2/c1-2-27(32-24-30(33)25-19-21-26(31)22-20-25)14-8-4-3-5-13-23-34-35(28-15-9-6-10-16-28)29-17-11-7-12-18-29;1-2/h2,6-7,9-12,15-22,30,32-33H,3-5,8,13-14,23-24,31H2,1H3;1-2H/b27-2-;/t30-;/m0./s1. The number of nitrogen functional groups attached to an aromatic ring is 1. The first-order valence-corrected chi connectivity index (χ1v) is 14.2. The molecule has 0 unspecified atom stereocenters. The SMILES string of the molecule is C#C.C/C=C(/CCCCCCCOP(c1ccccc1)c1ccccc1)NC[C@H](O)c1ccc(N)cc1. The second-order valence-corrected chi connectivity index (χ2v) is 10.6. The first-order chi connectivity index (χ1) is 18.2. The molecule has 196 valence electrons. The van der Waals surface area contributed by atoms with Gasteiger partial charge in [0.2, 0.25) is 0 Å². The number of hydrogen-bond acceptors (Lipinski definition) is 4. The number of terminal acetylenes is 1. The number of allylic oxidation sites excluding steroid dienone is 2. The summed E-state index contributed by atoms with van der Waals surface area (Å²) in [5.74, 6) is 0. The highest BCUT2D eigenvalue weighted by molar-refractivity contribution is 7.68. The first kappa shape index (κ1) is 30.1. The van der Waals surface area contributed by atoms with Gasteiger partial charge in [-0.05, 0) is 43.9 Å². The van der Waals surface area contributed by atoms with E-state index >= 15 is 0 Å². The molecule has 0 amide bonds. The Hall–Kier alpha value is -3.09. The Morgan fingerprint density at radius 3 is 1.97 bits per heavy atom. The van der Waals surface area contributed by atoms with Crippen molar-refractivity contribution >= 4 is 24.4 Å². The molecule has 0 spiro atoms. The number of hydrogen-bond donors (Lipinski definition) is 3. The fraction of sp³-hybridized carbons (Fsp3) is 0.312. The molecule has 0 radical (unpaired) electrons. The minimum absolute atomic E-state index is 0.507. The number of unbranched alkanes of at least 4 members (excludes halogenated alkanes) is 4. The first-order valence-electron chi connectivity index (χ1n) is 13.0. The van der Waals surface area contributed by atoms with Crippen LogP contribution in [0.4, 0.5) is 5.69 Å². The van der Waals surface area contributed by atoms with Gasteiger partial charge in [-0.25, -0.2) is 0 Å². The predicted octanol–water partition coefficient (Wildman–Crippen LogP) is 6.45. The van der Waals surface area contributed by atoms with Crippen LogP contribution < -0.4 is 21.7 Å². The fourth-order valence-corrected chi connectivity index (χ4v) is 5.72. The van der Waals surface area contributed by atoms with Crippen molar-refractivity contribution in [3.63, 3.8) is 0 Å². The van der Waals surface area contributed by atoms with Crippen molar-refractivity contribution in [1.82, 2.24) is 5.32 Å². The second-order valence-electron chi connectivity index (χ2n) is 8.69. The molecule has 3 rings (SSSR count). The normalized spacial score (nSPS) is 12.0. The third-order valence-corrected chi connectivity index (χ3v) is 7.96. The van der Waals surface area contributed by atoms with Crippen molar-refractivity contribution in [2.45, 2.75) is 51.6 Å². The number of aliphatic hydroxyl groups is 1. The molecule has 0 fully saturated rings. The second kappa shape index (κ2) is 18.2. The average molecular weight is 517 g/mol. The van der Waals surface area contributed by atoms with E-state index in [0.29, 0.717) is 12.2 Å². The topological polar surface area (TPSA) is 67.5 Å². The van der Waals surface area contributed by atoms with Gasteiger partial charge in [-0.1, -0.05) is 98.1 Å². The molecule has 3 aromatic carbocycles. The molecule has 0 bridgehead atoms. The Morgan fingerprint density at radius 2 is 1.41 bits per heavy atom. The molecule has 0 aliphatic rings. The number of benzene rings is 3. The van der Waals surface area contributed by atoms with Crippen LogP contribution in [0.25, 0.3) is 0 Å². The van der Waals surface area contributed by atoms with Gasteiger partial charge in [-0.15, -0.1) is 12.8 Å². The molecule has 4 N–H and O–H groups in total. The zero-order valence-electron chi connectivity index (χ0n) is 21.9. The van der Waals surface area contributed by atoms with E-state index < -0.39 is 14.3 Å². The number of aliphatic hydroxyl groups excluding tert-OH is 1. The van der Waals surface area contributed by atoms with Gasteiger partial charge >= 0.3 is 0 Å². The van der Waals surface area contributed by atoms with Crippen molar-refractivity contribution in [3.05, 3.63) is 102 Å². The van der Waals surface area contributed by atoms with E-state index in [2.05, 4.69) is 84.9 Å². The highest BCUT2D eigenvalue weighted by atomic mass is 31.1. The lowest BCUT2D eigenvalue weighted by Crippen LogP contribution is -2.21. The van der Waals surface area contributed by atoms with Gasteiger partial charge in [-0.2, -0.15) is 0 Å². The molecular formula is C32H41N2O2P. The molecule has 0 aliphatic carbocycles. The van der Waals surface area contributed by atoms with E-state index in [1.807, 2.05) is 31.2 Å². The highest BCUT2D eigenvalue weighted by Crippen LogP contribution is 2.35. The fourth-order valence-electron chi connectivity index (χ4n) is 3.93. The maximum atomic E-state index is 10.4. The van der Waals surface area contributed by atoms with Crippen LogP contribution in [-0.4, -0.2) is 18.3 Å². The lowest BCUT2D eigenvalue weighted by Gasteiger charge is -2.18. The van der Waals surface area contributed by atoms with Gasteiger partial charge < -0.3 is 20.7 Å². The van der Waals surface area contributed by atoms with Gasteiger partial charge in [0.05, 0.1) is 20.9 Å². The lowest BCUT2D eigenvalue weighted by molar-refractivity contribution is 0.178. The van der Waals surface area contributed by atoms with Crippen molar-refractivity contribution < 1.29 is 9.63 Å². The van der Waals surface area contributed by atoms with Crippen molar-refractivity contribution in [3.8, 4) is 12.8 Å². The van der Waals surface area contributed by atoms with Gasteiger partial charge in [0.15, 0.2) is 0 Å². The van der Waals surface area contributed by atoms with Gasteiger partial charge in [0.25, 0.3) is 0 Å². The molecule has 0 aliphatic heterocycles. The van der Waals surface area contributed by atoms with E-state index in [1.165, 1.54) is 35.6 Å². The summed E-state index contributed by atoms with van der Waals surface area (Å²) in [7, 11) is -0.760. The zero-order valence-corrected chi connectivity index (χ0v) is 22.8. The van der Waals surface area contributed by atoms with Crippen LogP contribution in [0.5, 0.6) is 0 Å². The van der Waals surface area contributed by atoms with Crippen LogP contribution >= 0.6 is 8.15 Å². The summed E-state index contributed by atoms with van der Waals surface area (Å²) in [5.41, 5.74) is 8.51. The van der Waals surface area contributed by atoms with E-state index in [1.54, 1.807) is 0 Å². The highest BCUT2D eigenvalue weighted by Gasteiger charge is 2.14.